The van der Waals surface area contributed by atoms with Crippen LogP contribution in [0.25, 0.3) is 0 Å². The molecule has 0 aliphatic heterocycles. The molecule has 110 valence electrons. The van der Waals surface area contributed by atoms with Crippen molar-refractivity contribution in [3.8, 4) is 5.75 Å². The molecule has 0 aromatic heterocycles. The van der Waals surface area contributed by atoms with Crippen molar-refractivity contribution in [3.63, 3.8) is 0 Å². The number of methoxy groups -OCH3 is 1. The Hall–Kier alpha value is -1.89. The predicted molar refractivity (Wildman–Crippen MR) is 86.2 cm³/mol. The number of carbonyl (C=O) groups is 2. The zero-order valence-electron chi connectivity index (χ0n) is 12.3. The molecule has 2 aromatic carbocycles. The van der Waals surface area contributed by atoms with Crippen molar-refractivity contribution in [2.45, 2.75) is 6.92 Å². The monoisotopic (exact) mass is 408 g/mol. The molecule has 0 unspecified atom stereocenters. The van der Waals surface area contributed by atoms with E-state index in [1.807, 2.05) is 24.3 Å². The summed E-state index contributed by atoms with van der Waals surface area (Å²) in [6.07, 6.45) is 0. The molecular formula is C18H14O3Te. The summed E-state index contributed by atoms with van der Waals surface area (Å²) in [5.74, 6) is 0.771. The van der Waals surface area contributed by atoms with E-state index in [2.05, 4.69) is 0 Å². The first-order valence-corrected chi connectivity index (χ1v) is 9.16. The second-order valence-corrected chi connectivity index (χ2v) is 8.03. The SMILES string of the molecule is COc1ccc([Te]C2=C(C)C(=O)c3ccccc3C2=O)cc1. The van der Waals surface area contributed by atoms with E-state index in [-0.39, 0.29) is 11.6 Å². The van der Waals surface area contributed by atoms with Gasteiger partial charge in [0.2, 0.25) is 0 Å². The van der Waals surface area contributed by atoms with E-state index in [1.54, 1.807) is 38.3 Å². The van der Waals surface area contributed by atoms with Crippen LogP contribution < -0.4 is 8.35 Å². The Morgan fingerprint density at radius 2 is 1.45 bits per heavy atom. The fraction of sp³-hybridized carbons (Fsp3) is 0.111. The van der Waals surface area contributed by atoms with E-state index >= 15 is 0 Å². The summed E-state index contributed by atoms with van der Waals surface area (Å²) in [6.45, 7) is 1.76. The number of ether oxygens (including phenoxy) is 1. The molecule has 1 aliphatic carbocycles. The molecule has 0 atom stereocenters. The van der Waals surface area contributed by atoms with Gasteiger partial charge in [0.15, 0.2) is 0 Å². The van der Waals surface area contributed by atoms with Crippen LogP contribution in [0.5, 0.6) is 5.75 Å². The molecule has 3 rings (SSSR count). The Bertz CT molecular complexity index is 788. The number of fused-ring (bicyclic) bond motifs is 1. The van der Waals surface area contributed by atoms with E-state index in [0.29, 0.717) is 20.3 Å². The third-order valence-electron chi connectivity index (χ3n) is 3.58. The summed E-state index contributed by atoms with van der Waals surface area (Å²) in [6, 6.07) is 14.8. The number of Topliss-reactive ketones (excluding diaryl/α,β-unsaturated/α-hetero) is 2. The number of benzene rings is 2. The van der Waals surface area contributed by atoms with Gasteiger partial charge in [0.05, 0.1) is 0 Å². The molecule has 0 radical (unpaired) electrons. The van der Waals surface area contributed by atoms with Gasteiger partial charge in [-0.05, 0) is 0 Å². The Balaban J connectivity index is 1.97. The van der Waals surface area contributed by atoms with Crippen molar-refractivity contribution < 1.29 is 14.3 Å². The number of allylic oxidation sites excluding steroid dienone is 2. The van der Waals surface area contributed by atoms with Crippen LogP contribution in [-0.2, 0) is 0 Å². The number of carbonyl (C=O) groups excluding carboxylic acids is 2. The van der Waals surface area contributed by atoms with Gasteiger partial charge in [0, 0.05) is 0 Å². The molecule has 0 saturated heterocycles. The zero-order chi connectivity index (χ0) is 15.7. The van der Waals surface area contributed by atoms with Gasteiger partial charge in [-0.2, -0.15) is 0 Å². The molecule has 0 heterocycles. The van der Waals surface area contributed by atoms with Gasteiger partial charge in [0.1, 0.15) is 0 Å². The standard InChI is InChI=1S/C18H14O3Te/c1-11-16(19)14-5-3-4-6-15(14)17(20)18(11)22-13-9-7-12(21-2)8-10-13/h3-10H,1-2H3. The Morgan fingerprint density at radius 1 is 0.864 bits per heavy atom. The molecule has 0 amide bonds. The van der Waals surface area contributed by atoms with Gasteiger partial charge in [-0.15, -0.1) is 0 Å². The minimum absolute atomic E-state index is 0.00548. The summed E-state index contributed by atoms with van der Waals surface area (Å²) >= 11 is -0.901. The average molecular weight is 406 g/mol. The third kappa shape index (κ3) is 2.61. The van der Waals surface area contributed by atoms with E-state index in [1.165, 1.54) is 0 Å². The summed E-state index contributed by atoms with van der Waals surface area (Å²) in [7, 11) is 1.62. The first kappa shape index (κ1) is 15.0. The molecule has 0 spiro atoms. The van der Waals surface area contributed by atoms with Crippen molar-refractivity contribution in [1.82, 2.24) is 0 Å². The van der Waals surface area contributed by atoms with Gasteiger partial charge < -0.3 is 0 Å². The zero-order valence-corrected chi connectivity index (χ0v) is 14.6. The Labute approximate surface area is 139 Å². The number of rotatable bonds is 3. The van der Waals surface area contributed by atoms with Crippen molar-refractivity contribution in [1.29, 1.82) is 0 Å². The van der Waals surface area contributed by atoms with Crippen LogP contribution in [0.15, 0.2) is 57.7 Å². The van der Waals surface area contributed by atoms with Crippen LogP contribution >= 0.6 is 0 Å². The minimum atomic E-state index is -0.901. The Kier molecular flexibility index (Phi) is 4.15. The molecule has 2 aromatic rings. The maximum atomic E-state index is 12.7. The summed E-state index contributed by atoms with van der Waals surface area (Å²) < 4.78 is 6.97. The summed E-state index contributed by atoms with van der Waals surface area (Å²) in [4.78, 5) is 25.2. The molecule has 4 heteroatoms. The van der Waals surface area contributed by atoms with Gasteiger partial charge in [-0.25, -0.2) is 0 Å². The fourth-order valence-corrected chi connectivity index (χ4v) is 5.09. The molecule has 0 bridgehead atoms. The van der Waals surface area contributed by atoms with Gasteiger partial charge in [0.25, 0.3) is 0 Å². The first-order valence-electron chi connectivity index (χ1n) is 6.83. The van der Waals surface area contributed by atoms with Crippen molar-refractivity contribution in [3.05, 3.63) is 68.9 Å². The van der Waals surface area contributed by atoms with Gasteiger partial charge >= 0.3 is 139 Å². The molecule has 22 heavy (non-hydrogen) atoms. The number of hydrogen-bond donors (Lipinski definition) is 0. The molecule has 0 fully saturated rings. The van der Waals surface area contributed by atoms with Crippen LogP contribution in [0.2, 0.25) is 0 Å². The quantitative estimate of drug-likeness (QED) is 0.736. The summed E-state index contributed by atoms with van der Waals surface area (Å²) in [5.41, 5.74) is 1.66. The molecule has 1 aliphatic rings. The number of ketones is 2. The van der Waals surface area contributed by atoms with Gasteiger partial charge in [-0.3, -0.25) is 0 Å². The van der Waals surface area contributed by atoms with Crippen molar-refractivity contribution in [2.75, 3.05) is 7.11 Å². The molecule has 0 N–H and O–H groups in total. The fourth-order valence-electron chi connectivity index (χ4n) is 2.36. The normalized spacial score (nSPS) is 14.1. The van der Waals surface area contributed by atoms with Crippen LogP contribution in [0.4, 0.5) is 0 Å². The molecule has 0 saturated carbocycles. The molecular weight excluding hydrogens is 392 g/mol. The summed E-state index contributed by atoms with van der Waals surface area (Å²) in [5, 5.41) is 0. The van der Waals surface area contributed by atoms with Crippen LogP contribution in [0.3, 0.4) is 0 Å². The number of hydrogen-bond acceptors (Lipinski definition) is 3. The third-order valence-corrected chi connectivity index (χ3v) is 7.02. The van der Waals surface area contributed by atoms with E-state index in [4.69, 9.17) is 4.74 Å². The van der Waals surface area contributed by atoms with Crippen LogP contribution in [0, 0.1) is 0 Å². The average Bonchev–Trinajstić information content (AvgIpc) is 2.57. The second-order valence-electron chi connectivity index (χ2n) is 4.94. The maximum absolute atomic E-state index is 12.7. The predicted octanol–water partition coefficient (Wildman–Crippen LogP) is 2.38. The van der Waals surface area contributed by atoms with Crippen LogP contribution in [-0.4, -0.2) is 39.6 Å². The first-order chi connectivity index (χ1) is 10.6. The van der Waals surface area contributed by atoms with E-state index < -0.39 is 20.9 Å². The second kappa shape index (κ2) is 6.08. The Morgan fingerprint density at radius 3 is 2.05 bits per heavy atom. The van der Waals surface area contributed by atoms with E-state index in [9.17, 15) is 9.59 Å². The van der Waals surface area contributed by atoms with Gasteiger partial charge in [-0.1, -0.05) is 0 Å². The molecule has 3 nitrogen and oxygen atoms in total. The van der Waals surface area contributed by atoms with E-state index in [0.717, 1.165) is 9.36 Å². The van der Waals surface area contributed by atoms with Crippen molar-refractivity contribution in [2.24, 2.45) is 0 Å². The topological polar surface area (TPSA) is 43.4 Å². The van der Waals surface area contributed by atoms with Crippen molar-refractivity contribution >= 4 is 36.1 Å². The van der Waals surface area contributed by atoms with Crippen LogP contribution in [0.1, 0.15) is 27.6 Å².